The molecule has 0 unspecified atom stereocenters. The van der Waals surface area contributed by atoms with Crippen molar-refractivity contribution >= 4 is 5.91 Å². The van der Waals surface area contributed by atoms with Crippen molar-refractivity contribution in [2.24, 2.45) is 5.92 Å². The number of likely N-dealkylation sites (tertiary alicyclic amines) is 1. The second-order valence-corrected chi connectivity index (χ2v) is 4.50. The van der Waals surface area contributed by atoms with E-state index >= 15 is 0 Å². The molecule has 0 aliphatic carbocycles. The van der Waals surface area contributed by atoms with E-state index in [1.807, 2.05) is 20.8 Å². The summed E-state index contributed by atoms with van der Waals surface area (Å²) in [5, 5.41) is 2.90. The van der Waals surface area contributed by atoms with Gasteiger partial charge in [0.25, 0.3) is 0 Å². The fourth-order valence-electron chi connectivity index (χ4n) is 2.01. The lowest BCUT2D eigenvalue weighted by Gasteiger charge is -2.28. The first-order chi connectivity index (χ1) is 8.72. The third-order valence-corrected chi connectivity index (χ3v) is 3.08. The SMILES string of the molecule is CC.CCOCCNC(=O)CC1CCN(C)CC1.[HH]. The van der Waals surface area contributed by atoms with Crippen LogP contribution in [0.3, 0.4) is 0 Å². The predicted octanol–water partition coefficient (Wildman–Crippen LogP) is 2.14. The van der Waals surface area contributed by atoms with Gasteiger partial charge in [0.15, 0.2) is 0 Å². The minimum absolute atomic E-state index is 0. The number of amides is 1. The molecule has 0 aromatic carbocycles. The molecule has 4 nitrogen and oxygen atoms in total. The number of hydrogen-bond acceptors (Lipinski definition) is 3. The first-order valence-electron chi connectivity index (χ1n) is 7.25. The lowest BCUT2D eigenvalue weighted by Crippen LogP contribution is -2.34. The minimum atomic E-state index is 0. The van der Waals surface area contributed by atoms with Crippen LogP contribution in [0, 0.1) is 5.92 Å². The Labute approximate surface area is 114 Å². The van der Waals surface area contributed by atoms with Gasteiger partial charge in [-0.05, 0) is 45.8 Å². The van der Waals surface area contributed by atoms with E-state index in [9.17, 15) is 4.79 Å². The summed E-state index contributed by atoms with van der Waals surface area (Å²) in [6, 6.07) is 0. The molecule has 1 saturated heterocycles. The third-order valence-electron chi connectivity index (χ3n) is 3.08. The normalized spacial score (nSPS) is 16.9. The van der Waals surface area contributed by atoms with Crippen LogP contribution in [0.5, 0.6) is 0 Å². The molecule has 18 heavy (non-hydrogen) atoms. The summed E-state index contributed by atoms with van der Waals surface area (Å²) >= 11 is 0. The molecule has 1 amide bonds. The number of rotatable bonds is 6. The van der Waals surface area contributed by atoms with E-state index < -0.39 is 0 Å². The molecule has 0 bridgehead atoms. The number of carbonyl (C=O) groups excluding carboxylic acids is 1. The van der Waals surface area contributed by atoms with Crippen molar-refractivity contribution in [3.8, 4) is 0 Å². The molecule has 1 N–H and O–H groups in total. The lowest BCUT2D eigenvalue weighted by atomic mass is 9.93. The Kier molecular flexibility index (Phi) is 11.1. The zero-order valence-electron chi connectivity index (χ0n) is 12.5. The largest absolute Gasteiger partial charge is 0.380 e. The molecule has 110 valence electrons. The second kappa shape index (κ2) is 11.5. The quantitative estimate of drug-likeness (QED) is 0.744. The number of ether oxygens (including phenoxy) is 1. The highest BCUT2D eigenvalue weighted by atomic mass is 16.5. The zero-order chi connectivity index (χ0) is 13.8. The molecular weight excluding hydrogens is 228 g/mol. The first-order valence-corrected chi connectivity index (χ1v) is 7.25. The monoisotopic (exact) mass is 260 g/mol. The molecule has 0 atom stereocenters. The van der Waals surface area contributed by atoms with E-state index in [1.165, 1.54) is 0 Å². The average molecular weight is 260 g/mol. The highest BCUT2D eigenvalue weighted by molar-refractivity contribution is 5.76. The van der Waals surface area contributed by atoms with Crippen LogP contribution < -0.4 is 5.32 Å². The van der Waals surface area contributed by atoms with E-state index in [1.54, 1.807) is 0 Å². The molecule has 1 rings (SSSR count). The molecule has 1 aliphatic rings. The van der Waals surface area contributed by atoms with Gasteiger partial charge >= 0.3 is 0 Å². The maximum absolute atomic E-state index is 11.6. The summed E-state index contributed by atoms with van der Waals surface area (Å²) in [5.41, 5.74) is 0. The zero-order valence-corrected chi connectivity index (χ0v) is 12.5. The van der Waals surface area contributed by atoms with Crippen molar-refractivity contribution in [3.05, 3.63) is 0 Å². The molecule has 1 heterocycles. The predicted molar refractivity (Wildman–Crippen MR) is 77.8 cm³/mol. The van der Waals surface area contributed by atoms with E-state index in [2.05, 4.69) is 17.3 Å². The Balaban J connectivity index is 0. The Morgan fingerprint density at radius 1 is 1.39 bits per heavy atom. The Hall–Kier alpha value is -0.610. The standard InChI is InChI=1S/C12H24N2O2.C2H6.H2/c1-3-16-9-6-13-12(15)10-11-4-7-14(2)8-5-11;1-2;/h11H,3-10H2,1-2H3,(H,13,15);1-2H3;1H. The highest BCUT2D eigenvalue weighted by Gasteiger charge is 2.18. The highest BCUT2D eigenvalue weighted by Crippen LogP contribution is 2.18. The van der Waals surface area contributed by atoms with Crippen molar-refractivity contribution < 1.29 is 11.0 Å². The molecule has 0 saturated carbocycles. The number of nitrogens with zero attached hydrogens (tertiary/aromatic N) is 1. The van der Waals surface area contributed by atoms with Gasteiger partial charge in [-0.1, -0.05) is 13.8 Å². The first kappa shape index (κ1) is 17.4. The fourth-order valence-corrected chi connectivity index (χ4v) is 2.01. The molecule has 0 radical (unpaired) electrons. The summed E-state index contributed by atoms with van der Waals surface area (Å²) < 4.78 is 5.17. The van der Waals surface area contributed by atoms with Crippen LogP contribution in [0.4, 0.5) is 0 Å². The van der Waals surface area contributed by atoms with E-state index in [-0.39, 0.29) is 7.33 Å². The van der Waals surface area contributed by atoms with Crippen LogP contribution in [0.1, 0.15) is 41.5 Å². The maximum atomic E-state index is 11.6. The topological polar surface area (TPSA) is 41.6 Å². The second-order valence-electron chi connectivity index (χ2n) is 4.50. The Bertz CT molecular complexity index is 208. The van der Waals surface area contributed by atoms with Gasteiger partial charge in [-0.15, -0.1) is 0 Å². The van der Waals surface area contributed by atoms with Gasteiger partial charge < -0.3 is 15.0 Å². The number of hydrogen-bond donors (Lipinski definition) is 1. The van der Waals surface area contributed by atoms with Gasteiger partial charge in [-0.2, -0.15) is 0 Å². The maximum Gasteiger partial charge on any atom is 0.220 e. The van der Waals surface area contributed by atoms with E-state index in [0.29, 0.717) is 32.1 Å². The summed E-state index contributed by atoms with van der Waals surface area (Å²) in [5.74, 6) is 0.748. The minimum Gasteiger partial charge on any atom is -0.380 e. The molecule has 1 aliphatic heterocycles. The summed E-state index contributed by atoms with van der Waals surface area (Å²) in [6.45, 7) is 10.2. The van der Waals surface area contributed by atoms with Crippen molar-refractivity contribution in [2.75, 3.05) is 39.9 Å². The Morgan fingerprint density at radius 2 is 2.00 bits per heavy atom. The van der Waals surface area contributed by atoms with Gasteiger partial charge in [0, 0.05) is 21.0 Å². The fraction of sp³-hybridized carbons (Fsp3) is 0.929. The van der Waals surface area contributed by atoms with Gasteiger partial charge in [-0.3, -0.25) is 4.79 Å². The van der Waals surface area contributed by atoms with Crippen LogP contribution in [-0.2, 0) is 9.53 Å². The van der Waals surface area contributed by atoms with Crippen molar-refractivity contribution in [1.82, 2.24) is 10.2 Å². The van der Waals surface area contributed by atoms with E-state index in [4.69, 9.17) is 4.74 Å². The summed E-state index contributed by atoms with van der Waals surface area (Å²) in [7, 11) is 2.14. The smallest absolute Gasteiger partial charge is 0.220 e. The lowest BCUT2D eigenvalue weighted by molar-refractivity contribution is -0.122. The van der Waals surface area contributed by atoms with Crippen LogP contribution in [0.25, 0.3) is 0 Å². The van der Waals surface area contributed by atoms with Crippen molar-refractivity contribution in [1.29, 1.82) is 0 Å². The van der Waals surface area contributed by atoms with Crippen LogP contribution in [-0.4, -0.2) is 50.7 Å². The number of nitrogens with one attached hydrogen (secondary N) is 1. The number of carbonyl (C=O) groups is 1. The summed E-state index contributed by atoms with van der Waals surface area (Å²) in [6.07, 6.45) is 2.98. The molecule has 0 aromatic heterocycles. The molecule has 1 fully saturated rings. The average Bonchev–Trinajstić information content (AvgIpc) is 2.40. The van der Waals surface area contributed by atoms with Crippen LogP contribution >= 0.6 is 0 Å². The van der Waals surface area contributed by atoms with E-state index in [0.717, 1.165) is 25.9 Å². The number of piperidine rings is 1. The van der Waals surface area contributed by atoms with Gasteiger partial charge in [0.2, 0.25) is 5.91 Å². The molecule has 0 spiro atoms. The van der Waals surface area contributed by atoms with Gasteiger partial charge in [0.05, 0.1) is 6.61 Å². The molecule has 4 heteroatoms. The van der Waals surface area contributed by atoms with Crippen LogP contribution in [0.2, 0.25) is 0 Å². The third kappa shape index (κ3) is 8.48. The van der Waals surface area contributed by atoms with Crippen molar-refractivity contribution in [2.45, 2.75) is 40.0 Å². The summed E-state index contributed by atoms with van der Waals surface area (Å²) in [4.78, 5) is 13.9. The van der Waals surface area contributed by atoms with Gasteiger partial charge in [-0.25, -0.2) is 0 Å². The molecule has 0 aromatic rings. The Morgan fingerprint density at radius 3 is 2.56 bits per heavy atom. The van der Waals surface area contributed by atoms with Crippen molar-refractivity contribution in [3.63, 3.8) is 0 Å². The molecular formula is C14H32N2O2. The van der Waals surface area contributed by atoms with Crippen LogP contribution in [0.15, 0.2) is 0 Å². The van der Waals surface area contributed by atoms with Gasteiger partial charge in [0.1, 0.15) is 0 Å².